The molecule has 3 aromatic rings. The molecule has 2 aromatic carbocycles. The van der Waals surface area contributed by atoms with Gasteiger partial charge in [-0.3, -0.25) is 4.79 Å². The minimum absolute atomic E-state index is 0. The molecule has 7 N–H and O–H groups in total. The maximum Gasteiger partial charge on any atom is 0.268 e. The van der Waals surface area contributed by atoms with Gasteiger partial charge in [-0.15, -0.1) is 12.4 Å². The number of aromatic nitrogens is 1. The Morgan fingerprint density at radius 1 is 1.21 bits per heavy atom. The number of carbonyl (C=O) groups is 1. The number of aliphatic hydroxyl groups excluding tert-OH is 1. The molecule has 1 amide bonds. The first-order valence-electron chi connectivity index (χ1n) is 8.78. The van der Waals surface area contributed by atoms with E-state index in [0.717, 1.165) is 5.56 Å². The molecule has 3 rings (SSSR count). The number of benzene rings is 2. The van der Waals surface area contributed by atoms with Gasteiger partial charge in [-0.2, -0.15) is 0 Å². The minimum Gasteiger partial charge on any atom is -0.392 e. The molecule has 1 unspecified atom stereocenters. The third-order valence-corrected chi connectivity index (χ3v) is 4.42. The number of hydrogen-bond donors (Lipinski definition) is 5. The van der Waals surface area contributed by atoms with Gasteiger partial charge in [0.1, 0.15) is 11.5 Å². The zero-order chi connectivity index (χ0) is 19.4. The first kappa shape index (κ1) is 21.8. The van der Waals surface area contributed by atoms with Gasteiger partial charge in [-0.25, -0.2) is 4.39 Å². The Morgan fingerprint density at radius 2 is 1.93 bits per heavy atom. The fraction of sp³-hybridized carbons (Fsp3) is 0.250. The Balaban J connectivity index is 0.00000280. The number of nitrogens with two attached hydrogens (primary N) is 2. The summed E-state index contributed by atoms with van der Waals surface area (Å²) >= 11 is 0. The lowest BCUT2D eigenvalue weighted by Crippen LogP contribution is -2.40. The molecule has 0 aliphatic rings. The monoisotopic (exact) mass is 406 g/mol. The largest absolute Gasteiger partial charge is 0.392 e. The van der Waals surface area contributed by atoms with Crippen molar-refractivity contribution in [1.82, 2.24) is 10.3 Å². The second kappa shape index (κ2) is 9.66. The molecule has 0 spiro atoms. The van der Waals surface area contributed by atoms with Crippen LogP contribution in [-0.4, -0.2) is 41.2 Å². The fourth-order valence-electron chi connectivity index (χ4n) is 3.08. The van der Waals surface area contributed by atoms with Gasteiger partial charge in [-0.05, 0) is 30.2 Å². The van der Waals surface area contributed by atoms with Crippen molar-refractivity contribution in [2.24, 2.45) is 11.5 Å². The number of rotatable bonds is 7. The van der Waals surface area contributed by atoms with Gasteiger partial charge in [0.25, 0.3) is 5.91 Å². The number of aliphatic hydroxyl groups is 1. The van der Waals surface area contributed by atoms with Gasteiger partial charge in [0.05, 0.1) is 6.10 Å². The van der Waals surface area contributed by atoms with Gasteiger partial charge in [0.2, 0.25) is 0 Å². The predicted molar refractivity (Wildman–Crippen MR) is 111 cm³/mol. The molecule has 0 aliphatic heterocycles. The van der Waals surface area contributed by atoms with E-state index in [1.807, 2.05) is 30.3 Å². The van der Waals surface area contributed by atoms with Gasteiger partial charge in [0, 0.05) is 35.6 Å². The molecule has 0 radical (unpaired) electrons. The summed E-state index contributed by atoms with van der Waals surface area (Å²) in [6, 6.07) is 13.3. The van der Waals surface area contributed by atoms with Gasteiger partial charge < -0.3 is 26.9 Å². The normalized spacial score (nSPS) is 13.0. The van der Waals surface area contributed by atoms with Crippen molar-refractivity contribution < 1.29 is 14.3 Å². The first-order chi connectivity index (χ1) is 13.0. The number of halogens is 2. The van der Waals surface area contributed by atoms with Crippen LogP contribution in [0.25, 0.3) is 22.0 Å². The van der Waals surface area contributed by atoms with Crippen LogP contribution in [0.15, 0.2) is 48.5 Å². The summed E-state index contributed by atoms with van der Waals surface area (Å²) in [5.41, 5.74) is 13.8. The molecule has 28 heavy (non-hydrogen) atoms. The number of hydrogen-bond acceptors (Lipinski definition) is 4. The number of aromatic amines is 1. The number of nitrogens with one attached hydrogen (secondary N) is 2. The van der Waals surface area contributed by atoms with Crippen LogP contribution in [0, 0.1) is 5.82 Å². The van der Waals surface area contributed by atoms with E-state index in [9.17, 15) is 14.3 Å². The summed E-state index contributed by atoms with van der Waals surface area (Å²) in [5, 5.41) is 13.0. The van der Waals surface area contributed by atoms with E-state index in [4.69, 9.17) is 11.5 Å². The Bertz CT molecular complexity index is 933. The Kier molecular flexibility index (Phi) is 7.53. The van der Waals surface area contributed by atoms with Gasteiger partial charge in [-0.1, -0.05) is 30.3 Å². The Hall–Kier alpha value is -2.45. The summed E-state index contributed by atoms with van der Waals surface area (Å²) < 4.78 is 13.8. The van der Waals surface area contributed by atoms with E-state index in [2.05, 4.69) is 10.3 Å². The van der Waals surface area contributed by atoms with Gasteiger partial charge in [0.15, 0.2) is 0 Å². The lowest BCUT2D eigenvalue weighted by atomic mass is 10.0. The molecule has 150 valence electrons. The Morgan fingerprint density at radius 3 is 2.61 bits per heavy atom. The number of H-pyrrole nitrogens is 1. The maximum absolute atomic E-state index is 13.8. The van der Waals surface area contributed by atoms with Crippen molar-refractivity contribution in [2.45, 2.75) is 18.6 Å². The lowest BCUT2D eigenvalue weighted by molar-refractivity contribution is 0.0941. The van der Waals surface area contributed by atoms with E-state index in [0.29, 0.717) is 28.6 Å². The molecule has 1 heterocycles. The van der Waals surface area contributed by atoms with Crippen molar-refractivity contribution in [3.05, 3.63) is 60.0 Å². The number of carbonyl (C=O) groups excluding carboxylic acids is 1. The third kappa shape index (κ3) is 4.88. The molecule has 1 aromatic heterocycles. The van der Waals surface area contributed by atoms with E-state index in [1.54, 1.807) is 6.07 Å². The van der Waals surface area contributed by atoms with Crippen LogP contribution in [0.4, 0.5) is 4.39 Å². The minimum atomic E-state index is -0.701. The van der Waals surface area contributed by atoms with E-state index in [1.165, 1.54) is 12.1 Å². The summed E-state index contributed by atoms with van der Waals surface area (Å²) in [6.07, 6.45) is -0.409. The molecule has 8 heteroatoms. The average Bonchev–Trinajstić information content (AvgIpc) is 3.05. The standard InChI is InChI=1S/C20H23FN4O2.ClH/c21-13-6-7-17-16(8-13)18(12-4-2-1-3-5-12)19(25-17)20(27)24-11-14(23)9-15(26)10-22;/h1-8,14-15,25-26H,9-11,22-23H2,(H,24,27);1H/t14-,15?;/m0./s1. The molecule has 0 saturated carbocycles. The van der Waals surface area contributed by atoms with E-state index < -0.39 is 12.1 Å². The highest BCUT2D eigenvalue weighted by Crippen LogP contribution is 2.32. The van der Waals surface area contributed by atoms with Crippen molar-refractivity contribution in [3.63, 3.8) is 0 Å². The van der Waals surface area contributed by atoms with Crippen molar-refractivity contribution in [1.29, 1.82) is 0 Å². The highest BCUT2D eigenvalue weighted by atomic mass is 35.5. The maximum atomic E-state index is 13.8. The molecule has 2 atom stereocenters. The third-order valence-electron chi connectivity index (χ3n) is 4.42. The second-order valence-corrected chi connectivity index (χ2v) is 6.53. The topological polar surface area (TPSA) is 117 Å². The predicted octanol–water partition coefficient (Wildman–Crippen LogP) is 2.16. The molecule has 0 fully saturated rings. The van der Waals surface area contributed by atoms with Crippen LogP contribution in [0.1, 0.15) is 16.9 Å². The van der Waals surface area contributed by atoms with Crippen LogP contribution < -0.4 is 16.8 Å². The van der Waals surface area contributed by atoms with Crippen LogP contribution in [-0.2, 0) is 0 Å². The zero-order valence-corrected chi connectivity index (χ0v) is 16.0. The average molecular weight is 407 g/mol. The SMILES string of the molecule is Cl.NCC(O)C[C@H](N)CNC(=O)c1[nH]c2ccc(F)cc2c1-c1ccccc1. The summed E-state index contributed by atoms with van der Waals surface area (Å²) in [4.78, 5) is 15.9. The molecule has 0 aliphatic carbocycles. The lowest BCUT2D eigenvalue weighted by Gasteiger charge is -2.16. The second-order valence-electron chi connectivity index (χ2n) is 6.53. The molecular weight excluding hydrogens is 383 g/mol. The summed E-state index contributed by atoms with van der Waals surface area (Å²) in [5.74, 6) is -0.716. The molecule has 0 bridgehead atoms. The van der Waals surface area contributed by atoms with E-state index in [-0.39, 0.29) is 37.2 Å². The van der Waals surface area contributed by atoms with Crippen LogP contribution >= 0.6 is 12.4 Å². The van der Waals surface area contributed by atoms with Crippen molar-refractivity contribution in [3.8, 4) is 11.1 Å². The first-order valence-corrected chi connectivity index (χ1v) is 8.78. The highest BCUT2D eigenvalue weighted by Gasteiger charge is 2.20. The number of amides is 1. The molecular formula is C20H24ClFN4O2. The fourth-order valence-corrected chi connectivity index (χ4v) is 3.08. The molecule has 0 saturated heterocycles. The highest BCUT2D eigenvalue weighted by molar-refractivity contribution is 6.09. The van der Waals surface area contributed by atoms with E-state index >= 15 is 0 Å². The summed E-state index contributed by atoms with van der Waals surface area (Å²) in [6.45, 7) is 0.307. The molecule has 6 nitrogen and oxygen atoms in total. The van der Waals surface area contributed by atoms with Gasteiger partial charge >= 0.3 is 0 Å². The van der Waals surface area contributed by atoms with Crippen LogP contribution in [0.2, 0.25) is 0 Å². The quantitative estimate of drug-likeness (QED) is 0.413. The van der Waals surface area contributed by atoms with Crippen LogP contribution in [0.3, 0.4) is 0 Å². The smallest absolute Gasteiger partial charge is 0.268 e. The number of fused-ring (bicyclic) bond motifs is 1. The Labute approximate surface area is 168 Å². The van der Waals surface area contributed by atoms with Crippen LogP contribution in [0.5, 0.6) is 0 Å². The zero-order valence-electron chi connectivity index (χ0n) is 15.2. The summed E-state index contributed by atoms with van der Waals surface area (Å²) in [7, 11) is 0. The van der Waals surface area contributed by atoms with Crippen molar-refractivity contribution >= 4 is 29.2 Å². The van der Waals surface area contributed by atoms with Crippen molar-refractivity contribution in [2.75, 3.05) is 13.1 Å².